The molecule has 2 aromatic rings. The molecule has 0 atom stereocenters. The number of carbonyl (C=O) groups excluding carboxylic acids is 2. The number of benzene rings is 2. The van der Waals surface area contributed by atoms with Crippen LogP contribution >= 0.6 is 0 Å². The predicted octanol–water partition coefficient (Wildman–Crippen LogP) is 1.90. The number of hydrogen-bond acceptors (Lipinski definition) is 3. The Kier molecular flexibility index (Phi) is 5.68. The summed E-state index contributed by atoms with van der Waals surface area (Å²) in [5.41, 5.74) is 6.53. The fourth-order valence-electron chi connectivity index (χ4n) is 1.79. The Labute approximate surface area is 133 Å². The van der Waals surface area contributed by atoms with E-state index in [-0.39, 0.29) is 24.8 Å². The van der Waals surface area contributed by atoms with Gasteiger partial charge in [-0.1, -0.05) is 29.8 Å². The van der Waals surface area contributed by atoms with E-state index < -0.39 is 5.91 Å². The summed E-state index contributed by atoms with van der Waals surface area (Å²) in [6.07, 6.45) is 0.166. The third kappa shape index (κ3) is 5.78. The summed E-state index contributed by atoms with van der Waals surface area (Å²) in [6.45, 7) is 1.68. The number of carbonyl (C=O) groups is 2. The second kappa shape index (κ2) is 7.93. The number of ether oxygens (including phenoxy) is 1. The largest absolute Gasteiger partial charge is 0.484 e. The highest BCUT2D eigenvalue weighted by Gasteiger charge is 2.06. The van der Waals surface area contributed by atoms with Gasteiger partial charge >= 0.3 is 0 Å². The smallest absolute Gasteiger partial charge is 0.276 e. The van der Waals surface area contributed by atoms with Crippen molar-refractivity contribution in [1.82, 2.24) is 10.9 Å². The van der Waals surface area contributed by atoms with E-state index in [1.165, 1.54) is 24.3 Å². The van der Waals surface area contributed by atoms with Crippen LogP contribution in [-0.4, -0.2) is 18.4 Å². The number of halogens is 1. The molecule has 0 aliphatic carbocycles. The Bertz CT molecular complexity index is 669. The number of aryl methyl sites for hydroxylation is 1. The van der Waals surface area contributed by atoms with E-state index in [0.717, 1.165) is 11.1 Å². The molecular formula is C17H17FN2O3. The molecule has 0 saturated heterocycles. The molecule has 0 saturated carbocycles. The van der Waals surface area contributed by atoms with E-state index in [9.17, 15) is 14.0 Å². The third-order valence-corrected chi connectivity index (χ3v) is 3.01. The molecule has 0 heterocycles. The van der Waals surface area contributed by atoms with E-state index in [2.05, 4.69) is 10.9 Å². The molecule has 0 aromatic heterocycles. The molecule has 2 rings (SSSR count). The zero-order valence-corrected chi connectivity index (χ0v) is 12.6. The Hall–Kier alpha value is -2.89. The number of hydrazine groups is 1. The fraction of sp³-hybridized carbons (Fsp3) is 0.176. The van der Waals surface area contributed by atoms with Gasteiger partial charge in [-0.3, -0.25) is 20.4 Å². The van der Waals surface area contributed by atoms with Gasteiger partial charge in [-0.2, -0.15) is 0 Å². The standard InChI is InChI=1S/C17H17FN2O3/c1-12-2-4-13(5-3-12)10-16(21)19-20-17(22)11-23-15-8-6-14(18)7-9-15/h2-9H,10-11H2,1H3,(H,19,21)(H,20,22). The van der Waals surface area contributed by atoms with Crippen LogP contribution in [0, 0.1) is 12.7 Å². The normalized spacial score (nSPS) is 10.0. The van der Waals surface area contributed by atoms with Gasteiger partial charge in [0, 0.05) is 0 Å². The molecule has 0 radical (unpaired) electrons. The van der Waals surface area contributed by atoms with Crippen molar-refractivity contribution >= 4 is 11.8 Å². The highest BCUT2D eigenvalue weighted by Crippen LogP contribution is 2.10. The summed E-state index contributed by atoms with van der Waals surface area (Å²) in [5, 5.41) is 0. The van der Waals surface area contributed by atoms with Crippen LogP contribution < -0.4 is 15.6 Å². The summed E-state index contributed by atoms with van der Waals surface area (Å²) >= 11 is 0. The summed E-state index contributed by atoms with van der Waals surface area (Å²) in [7, 11) is 0. The van der Waals surface area contributed by atoms with Gasteiger partial charge in [0.05, 0.1) is 6.42 Å². The Morgan fingerprint density at radius 3 is 2.22 bits per heavy atom. The average Bonchev–Trinajstić information content (AvgIpc) is 2.54. The summed E-state index contributed by atoms with van der Waals surface area (Å²) < 4.78 is 17.9. The molecule has 6 heteroatoms. The number of rotatable bonds is 5. The van der Waals surface area contributed by atoms with Crippen molar-refractivity contribution in [2.75, 3.05) is 6.61 Å². The van der Waals surface area contributed by atoms with Crippen molar-refractivity contribution in [3.8, 4) is 5.75 Å². The highest BCUT2D eigenvalue weighted by molar-refractivity contribution is 5.83. The number of hydrogen-bond donors (Lipinski definition) is 2. The van der Waals surface area contributed by atoms with Crippen molar-refractivity contribution in [3.05, 3.63) is 65.5 Å². The second-order valence-corrected chi connectivity index (χ2v) is 5.00. The first-order valence-electron chi connectivity index (χ1n) is 7.04. The molecule has 0 aliphatic heterocycles. The second-order valence-electron chi connectivity index (χ2n) is 5.00. The maximum atomic E-state index is 12.7. The molecule has 0 spiro atoms. The first kappa shape index (κ1) is 16.5. The van der Waals surface area contributed by atoms with Crippen molar-refractivity contribution in [3.63, 3.8) is 0 Å². The quantitative estimate of drug-likeness (QED) is 0.828. The third-order valence-electron chi connectivity index (χ3n) is 3.01. The van der Waals surface area contributed by atoms with E-state index in [0.29, 0.717) is 5.75 Å². The molecule has 23 heavy (non-hydrogen) atoms. The molecule has 2 amide bonds. The van der Waals surface area contributed by atoms with Gasteiger partial charge in [0.1, 0.15) is 11.6 Å². The zero-order valence-electron chi connectivity index (χ0n) is 12.6. The minimum atomic E-state index is -0.508. The lowest BCUT2D eigenvalue weighted by atomic mass is 10.1. The zero-order chi connectivity index (χ0) is 16.7. The Balaban J connectivity index is 1.70. The van der Waals surface area contributed by atoms with E-state index in [1.54, 1.807) is 0 Å². The molecule has 2 aromatic carbocycles. The molecule has 120 valence electrons. The summed E-state index contributed by atoms with van der Waals surface area (Å²) in [4.78, 5) is 23.3. The van der Waals surface area contributed by atoms with E-state index >= 15 is 0 Å². The lowest BCUT2D eigenvalue weighted by Gasteiger charge is -2.09. The van der Waals surface area contributed by atoms with Crippen molar-refractivity contribution in [2.45, 2.75) is 13.3 Å². The van der Waals surface area contributed by atoms with E-state index in [1.807, 2.05) is 31.2 Å². The monoisotopic (exact) mass is 316 g/mol. The molecule has 0 aliphatic rings. The lowest BCUT2D eigenvalue weighted by molar-refractivity contribution is -0.129. The Morgan fingerprint density at radius 2 is 1.57 bits per heavy atom. The van der Waals surface area contributed by atoms with Gasteiger partial charge in [-0.25, -0.2) is 4.39 Å². The first-order chi connectivity index (χ1) is 11.0. The molecular weight excluding hydrogens is 299 g/mol. The van der Waals surface area contributed by atoms with E-state index in [4.69, 9.17) is 4.74 Å². The number of amides is 2. The van der Waals surface area contributed by atoms with Gasteiger partial charge < -0.3 is 4.74 Å². The topological polar surface area (TPSA) is 67.4 Å². The van der Waals surface area contributed by atoms with Crippen LogP contribution in [0.3, 0.4) is 0 Å². The molecule has 0 bridgehead atoms. The lowest BCUT2D eigenvalue weighted by Crippen LogP contribution is -2.44. The van der Waals surface area contributed by atoms with Crippen LogP contribution in [0.25, 0.3) is 0 Å². The average molecular weight is 316 g/mol. The molecule has 5 nitrogen and oxygen atoms in total. The van der Waals surface area contributed by atoms with Crippen LogP contribution in [0.1, 0.15) is 11.1 Å². The van der Waals surface area contributed by atoms with Crippen LogP contribution in [0.15, 0.2) is 48.5 Å². The van der Waals surface area contributed by atoms with Crippen molar-refractivity contribution in [2.24, 2.45) is 0 Å². The minimum absolute atomic E-state index is 0.166. The van der Waals surface area contributed by atoms with Crippen molar-refractivity contribution < 1.29 is 18.7 Å². The maximum Gasteiger partial charge on any atom is 0.276 e. The van der Waals surface area contributed by atoms with Gasteiger partial charge in [-0.15, -0.1) is 0 Å². The molecule has 2 N–H and O–H groups in total. The van der Waals surface area contributed by atoms with Crippen LogP contribution in [0.4, 0.5) is 4.39 Å². The Morgan fingerprint density at radius 1 is 0.957 bits per heavy atom. The van der Waals surface area contributed by atoms with Gasteiger partial charge in [0.2, 0.25) is 5.91 Å². The predicted molar refractivity (Wildman–Crippen MR) is 83.1 cm³/mol. The van der Waals surface area contributed by atoms with Crippen molar-refractivity contribution in [1.29, 1.82) is 0 Å². The SMILES string of the molecule is Cc1ccc(CC(=O)NNC(=O)COc2ccc(F)cc2)cc1. The fourth-order valence-corrected chi connectivity index (χ4v) is 1.79. The van der Waals surface area contributed by atoms with Gasteiger partial charge in [-0.05, 0) is 36.8 Å². The van der Waals surface area contributed by atoms with Gasteiger partial charge in [0.15, 0.2) is 6.61 Å². The summed E-state index contributed by atoms with van der Waals surface area (Å²) in [5.74, 6) is -0.853. The number of nitrogens with one attached hydrogen (secondary N) is 2. The van der Waals surface area contributed by atoms with Gasteiger partial charge in [0.25, 0.3) is 5.91 Å². The first-order valence-corrected chi connectivity index (χ1v) is 7.04. The van der Waals surface area contributed by atoms with Crippen LogP contribution in [0.2, 0.25) is 0 Å². The van der Waals surface area contributed by atoms with Crippen LogP contribution in [-0.2, 0) is 16.0 Å². The molecule has 0 unspecified atom stereocenters. The summed E-state index contributed by atoms with van der Waals surface area (Å²) in [6, 6.07) is 12.8. The minimum Gasteiger partial charge on any atom is -0.484 e. The maximum absolute atomic E-state index is 12.7. The highest BCUT2D eigenvalue weighted by atomic mass is 19.1. The molecule has 0 fully saturated rings. The van der Waals surface area contributed by atoms with Crippen LogP contribution in [0.5, 0.6) is 5.75 Å².